The average Bonchev–Trinajstić information content (AvgIpc) is 2.97. The summed E-state index contributed by atoms with van der Waals surface area (Å²) in [5.41, 5.74) is -0.803. The fourth-order valence-corrected chi connectivity index (χ4v) is 2.53. The van der Waals surface area contributed by atoms with Gasteiger partial charge in [-0.1, -0.05) is 0 Å². The highest BCUT2D eigenvalue weighted by Gasteiger charge is 2.37. The number of aliphatic hydroxyl groups is 1. The van der Waals surface area contributed by atoms with Gasteiger partial charge in [0.1, 0.15) is 18.9 Å². The summed E-state index contributed by atoms with van der Waals surface area (Å²) in [5.74, 6) is -1.45. The third-order valence-corrected chi connectivity index (χ3v) is 3.89. The fraction of sp³-hybridized carbons (Fsp3) is 0.600. The molecule has 25 heavy (non-hydrogen) atoms. The zero-order chi connectivity index (χ0) is 18.6. The maximum absolute atomic E-state index is 11.9. The van der Waals surface area contributed by atoms with Crippen molar-refractivity contribution < 1.29 is 29.3 Å². The van der Waals surface area contributed by atoms with Gasteiger partial charge in [0.25, 0.3) is 5.56 Å². The second-order valence-electron chi connectivity index (χ2n) is 5.81. The van der Waals surface area contributed by atoms with Gasteiger partial charge in [0, 0.05) is 24.6 Å². The average molecular weight is 356 g/mol. The Balaban J connectivity index is 2.01. The second kappa shape index (κ2) is 8.19. The molecule has 3 atom stereocenters. The SMILES string of the molecule is Cc1cn([C@H]2C[C@H](OCC(=O)CCC(=O)O)[C@@H](CO)O2)c(=O)[nH]c1=O. The third kappa shape index (κ3) is 4.84. The van der Waals surface area contributed by atoms with Crippen LogP contribution in [-0.4, -0.2) is 56.9 Å². The van der Waals surface area contributed by atoms with E-state index >= 15 is 0 Å². The molecule has 0 amide bonds. The number of ketones is 1. The van der Waals surface area contributed by atoms with Crippen LogP contribution in [0.1, 0.15) is 31.1 Å². The van der Waals surface area contributed by atoms with Gasteiger partial charge in [-0.05, 0) is 6.92 Å². The Bertz CT molecular complexity index is 753. The van der Waals surface area contributed by atoms with E-state index in [0.717, 1.165) is 0 Å². The smallest absolute Gasteiger partial charge is 0.330 e. The first kappa shape index (κ1) is 19.0. The molecule has 1 aromatic rings. The molecule has 1 aliphatic rings. The second-order valence-corrected chi connectivity index (χ2v) is 5.81. The lowest BCUT2D eigenvalue weighted by Crippen LogP contribution is -2.33. The van der Waals surface area contributed by atoms with Crippen molar-refractivity contribution in [3.8, 4) is 0 Å². The molecule has 1 saturated heterocycles. The van der Waals surface area contributed by atoms with Crippen molar-refractivity contribution in [3.05, 3.63) is 32.6 Å². The molecule has 1 aliphatic heterocycles. The van der Waals surface area contributed by atoms with E-state index in [9.17, 15) is 24.3 Å². The van der Waals surface area contributed by atoms with E-state index in [-0.39, 0.29) is 38.3 Å². The number of carboxylic acids is 1. The lowest BCUT2D eigenvalue weighted by Gasteiger charge is -2.16. The van der Waals surface area contributed by atoms with Crippen LogP contribution in [0, 0.1) is 6.92 Å². The number of aryl methyl sites for hydroxylation is 1. The van der Waals surface area contributed by atoms with Crippen LogP contribution in [0.4, 0.5) is 0 Å². The van der Waals surface area contributed by atoms with Crippen molar-refractivity contribution in [1.29, 1.82) is 0 Å². The number of H-pyrrole nitrogens is 1. The third-order valence-electron chi connectivity index (χ3n) is 3.89. The summed E-state index contributed by atoms with van der Waals surface area (Å²) in [6, 6.07) is 0. The molecule has 3 N–H and O–H groups in total. The highest BCUT2D eigenvalue weighted by molar-refractivity contribution is 5.83. The zero-order valence-corrected chi connectivity index (χ0v) is 13.6. The predicted molar refractivity (Wildman–Crippen MR) is 83.3 cm³/mol. The summed E-state index contributed by atoms with van der Waals surface area (Å²) in [6.45, 7) is 0.869. The molecular weight excluding hydrogens is 336 g/mol. The number of aromatic nitrogens is 2. The number of aliphatic carboxylic acids is 1. The maximum Gasteiger partial charge on any atom is 0.330 e. The first-order valence-corrected chi connectivity index (χ1v) is 7.75. The molecule has 0 bridgehead atoms. The number of nitrogens with zero attached hydrogens (tertiary/aromatic N) is 1. The fourth-order valence-electron chi connectivity index (χ4n) is 2.53. The van der Waals surface area contributed by atoms with Gasteiger partial charge < -0.3 is 19.7 Å². The molecule has 0 aromatic carbocycles. The Hall–Kier alpha value is -2.30. The van der Waals surface area contributed by atoms with Crippen molar-refractivity contribution in [2.75, 3.05) is 13.2 Å². The van der Waals surface area contributed by atoms with Crippen molar-refractivity contribution in [2.45, 2.75) is 44.6 Å². The summed E-state index contributed by atoms with van der Waals surface area (Å²) in [5, 5.41) is 17.9. The van der Waals surface area contributed by atoms with Crippen LogP contribution < -0.4 is 11.2 Å². The van der Waals surface area contributed by atoms with E-state index in [1.54, 1.807) is 6.92 Å². The van der Waals surface area contributed by atoms with E-state index in [0.29, 0.717) is 5.56 Å². The number of Topliss-reactive ketones (excluding diaryl/α,β-unsaturated/α-hetero) is 1. The van der Waals surface area contributed by atoms with E-state index in [1.165, 1.54) is 10.8 Å². The number of nitrogens with one attached hydrogen (secondary N) is 1. The Morgan fingerprint density at radius 1 is 1.40 bits per heavy atom. The molecule has 2 rings (SSSR count). The summed E-state index contributed by atoms with van der Waals surface area (Å²) in [7, 11) is 0. The summed E-state index contributed by atoms with van der Waals surface area (Å²) in [6.07, 6.45) is -0.988. The van der Waals surface area contributed by atoms with Crippen LogP contribution in [0.2, 0.25) is 0 Å². The Kier molecular flexibility index (Phi) is 6.23. The van der Waals surface area contributed by atoms with Crippen LogP contribution in [0.3, 0.4) is 0 Å². The van der Waals surface area contributed by atoms with E-state index in [1.807, 2.05) is 0 Å². The molecule has 2 heterocycles. The van der Waals surface area contributed by atoms with Crippen molar-refractivity contribution in [2.24, 2.45) is 0 Å². The molecule has 10 nitrogen and oxygen atoms in total. The number of hydrogen-bond acceptors (Lipinski definition) is 7. The van der Waals surface area contributed by atoms with Gasteiger partial charge in [0.2, 0.25) is 0 Å². The van der Waals surface area contributed by atoms with Crippen LogP contribution in [0.5, 0.6) is 0 Å². The first-order valence-electron chi connectivity index (χ1n) is 7.75. The summed E-state index contributed by atoms with van der Waals surface area (Å²) >= 11 is 0. The van der Waals surface area contributed by atoms with Gasteiger partial charge in [-0.15, -0.1) is 0 Å². The highest BCUT2D eigenvalue weighted by Crippen LogP contribution is 2.29. The quantitative estimate of drug-likeness (QED) is 0.534. The number of aromatic amines is 1. The van der Waals surface area contributed by atoms with Crippen LogP contribution >= 0.6 is 0 Å². The highest BCUT2D eigenvalue weighted by atomic mass is 16.6. The number of aliphatic hydroxyl groups excluding tert-OH is 1. The van der Waals surface area contributed by atoms with Gasteiger partial charge >= 0.3 is 11.7 Å². The molecule has 10 heteroatoms. The van der Waals surface area contributed by atoms with E-state index in [2.05, 4.69) is 4.98 Å². The Morgan fingerprint density at radius 2 is 2.12 bits per heavy atom. The molecule has 1 aromatic heterocycles. The zero-order valence-electron chi connectivity index (χ0n) is 13.6. The Labute approximate surface area is 142 Å². The van der Waals surface area contributed by atoms with Gasteiger partial charge in [-0.25, -0.2) is 4.79 Å². The molecule has 0 saturated carbocycles. The number of carbonyl (C=O) groups is 2. The molecule has 0 aliphatic carbocycles. The lowest BCUT2D eigenvalue weighted by molar-refractivity contribution is -0.139. The number of ether oxygens (including phenoxy) is 2. The molecule has 0 unspecified atom stereocenters. The Morgan fingerprint density at radius 3 is 2.76 bits per heavy atom. The maximum atomic E-state index is 11.9. The minimum atomic E-state index is -1.07. The molecule has 138 valence electrons. The first-order chi connectivity index (χ1) is 11.8. The molecule has 0 radical (unpaired) electrons. The summed E-state index contributed by atoms with van der Waals surface area (Å²) < 4.78 is 12.2. The minimum Gasteiger partial charge on any atom is -0.481 e. The molecule has 0 spiro atoms. The number of hydrogen-bond donors (Lipinski definition) is 3. The van der Waals surface area contributed by atoms with Gasteiger partial charge in [-0.3, -0.25) is 23.9 Å². The number of carbonyl (C=O) groups excluding carboxylic acids is 1. The molecule has 1 fully saturated rings. The van der Waals surface area contributed by atoms with Gasteiger partial charge in [0.15, 0.2) is 5.78 Å². The normalized spacial score (nSPS) is 22.9. The molecular formula is C15H20N2O8. The van der Waals surface area contributed by atoms with Crippen molar-refractivity contribution in [3.63, 3.8) is 0 Å². The van der Waals surface area contributed by atoms with E-state index < -0.39 is 35.7 Å². The lowest BCUT2D eigenvalue weighted by atomic mass is 10.1. The van der Waals surface area contributed by atoms with Gasteiger partial charge in [0.05, 0.1) is 19.1 Å². The van der Waals surface area contributed by atoms with Gasteiger partial charge in [-0.2, -0.15) is 0 Å². The van der Waals surface area contributed by atoms with E-state index in [4.69, 9.17) is 14.6 Å². The predicted octanol–water partition coefficient (Wildman–Crippen LogP) is -1.06. The van der Waals surface area contributed by atoms with Crippen LogP contribution in [-0.2, 0) is 19.1 Å². The largest absolute Gasteiger partial charge is 0.481 e. The monoisotopic (exact) mass is 356 g/mol. The topological polar surface area (TPSA) is 148 Å². The van der Waals surface area contributed by atoms with Crippen LogP contribution in [0.15, 0.2) is 15.8 Å². The van der Waals surface area contributed by atoms with Crippen molar-refractivity contribution >= 4 is 11.8 Å². The van der Waals surface area contributed by atoms with Crippen molar-refractivity contribution in [1.82, 2.24) is 9.55 Å². The number of rotatable bonds is 8. The number of carboxylic acid groups (broad SMARTS) is 1. The standard InChI is InChI=1S/C15H20N2O8/c1-8-5-17(15(23)16-14(8)22)12-4-10(11(6-18)25-12)24-7-9(19)2-3-13(20)21/h5,10-12,18H,2-4,6-7H2,1H3,(H,20,21)(H,16,22,23)/t10-,11+,12+/m0/s1. The summed E-state index contributed by atoms with van der Waals surface area (Å²) in [4.78, 5) is 47.5. The minimum absolute atomic E-state index is 0.144. The van der Waals surface area contributed by atoms with Crippen LogP contribution in [0.25, 0.3) is 0 Å².